The number of hydrogen-bond donors (Lipinski definition) is 1. The Bertz CT molecular complexity index is 561. The molecule has 0 unspecified atom stereocenters. The quantitative estimate of drug-likeness (QED) is 0.668. The van der Waals surface area contributed by atoms with E-state index in [1.54, 1.807) is 0 Å². The van der Waals surface area contributed by atoms with Crippen LogP contribution in [0, 0.1) is 0 Å². The van der Waals surface area contributed by atoms with Crippen molar-refractivity contribution < 1.29 is 23.1 Å². The Morgan fingerprint density at radius 3 is 2.31 bits per heavy atom. The minimum absolute atomic E-state index is 0.289. The van der Waals surface area contributed by atoms with Crippen LogP contribution in [0.5, 0.6) is 0 Å². The van der Waals surface area contributed by atoms with Gasteiger partial charge in [0.15, 0.2) is 9.84 Å². The summed E-state index contributed by atoms with van der Waals surface area (Å²) < 4.78 is 23.1. The largest absolute Gasteiger partial charge is 0.475 e. The second-order valence-corrected chi connectivity index (χ2v) is 5.95. The van der Waals surface area contributed by atoms with Crippen LogP contribution in [0.15, 0.2) is 27.6 Å². The highest BCUT2D eigenvalue weighted by Crippen LogP contribution is 2.21. The predicted octanol–water partition coefficient (Wildman–Crippen LogP) is 1.12. The van der Waals surface area contributed by atoms with Crippen molar-refractivity contribution in [2.24, 2.45) is 0 Å². The van der Waals surface area contributed by atoms with Gasteiger partial charge in [0.2, 0.25) is 0 Å². The van der Waals surface area contributed by atoms with Crippen LogP contribution in [0.3, 0.4) is 0 Å². The van der Waals surface area contributed by atoms with Crippen LogP contribution in [-0.2, 0) is 14.6 Å². The first-order valence-corrected chi connectivity index (χ1v) is 6.69. The van der Waals surface area contributed by atoms with Crippen molar-refractivity contribution >= 4 is 37.5 Å². The standard InChI is InChI=1S/C9H7BrO5S/c1-16(14,15)7-3-2-5(10)4-6(7)8(11)9(12)13/h2-4H,1H3,(H,12,13). The molecule has 0 heterocycles. The fraction of sp³-hybridized carbons (Fsp3) is 0.111. The third-order valence-corrected chi connectivity index (χ3v) is 3.43. The molecule has 0 radical (unpaired) electrons. The van der Waals surface area contributed by atoms with E-state index in [9.17, 15) is 18.0 Å². The molecule has 0 aliphatic rings. The van der Waals surface area contributed by atoms with Gasteiger partial charge in [-0.1, -0.05) is 15.9 Å². The third-order valence-electron chi connectivity index (χ3n) is 1.78. The van der Waals surface area contributed by atoms with Crippen molar-refractivity contribution in [2.45, 2.75) is 4.90 Å². The number of carbonyl (C=O) groups excluding carboxylic acids is 1. The Balaban J connectivity index is 3.53. The summed E-state index contributed by atoms with van der Waals surface area (Å²) in [4.78, 5) is 21.5. The van der Waals surface area contributed by atoms with Crippen LogP contribution in [-0.4, -0.2) is 31.5 Å². The van der Waals surface area contributed by atoms with Crippen molar-refractivity contribution in [1.82, 2.24) is 0 Å². The monoisotopic (exact) mass is 306 g/mol. The van der Waals surface area contributed by atoms with Gasteiger partial charge in [0, 0.05) is 16.3 Å². The van der Waals surface area contributed by atoms with Crippen molar-refractivity contribution in [2.75, 3.05) is 6.26 Å². The lowest BCUT2D eigenvalue weighted by molar-refractivity contribution is -0.131. The number of aliphatic carboxylic acids is 1. The second kappa shape index (κ2) is 4.34. The van der Waals surface area contributed by atoms with Crippen molar-refractivity contribution in [3.05, 3.63) is 28.2 Å². The van der Waals surface area contributed by atoms with E-state index in [1.807, 2.05) is 0 Å². The van der Waals surface area contributed by atoms with E-state index < -0.39 is 21.6 Å². The highest BCUT2D eigenvalue weighted by molar-refractivity contribution is 9.10. The lowest BCUT2D eigenvalue weighted by Crippen LogP contribution is -2.16. The summed E-state index contributed by atoms with van der Waals surface area (Å²) in [6.07, 6.45) is 0.912. The number of benzene rings is 1. The number of sulfone groups is 1. The minimum Gasteiger partial charge on any atom is -0.475 e. The molecule has 1 N–H and O–H groups in total. The van der Waals surface area contributed by atoms with Crippen LogP contribution in [0.1, 0.15) is 10.4 Å². The fourth-order valence-corrected chi connectivity index (χ4v) is 2.35. The lowest BCUT2D eigenvalue weighted by Gasteiger charge is -2.05. The molecule has 1 aromatic carbocycles. The molecular weight excluding hydrogens is 300 g/mol. The molecule has 1 rings (SSSR count). The minimum atomic E-state index is -3.63. The van der Waals surface area contributed by atoms with E-state index in [2.05, 4.69) is 15.9 Å². The Morgan fingerprint density at radius 2 is 1.88 bits per heavy atom. The van der Waals surface area contributed by atoms with Gasteiger partial charge >= 0.3 is 5.97 Å². The molecule has 86 valence electrons. The molecule has 0 atom stereocenters. The van der Waals surface area contributed by atoms with E-state index in [1.165, 1.54) is 18.2 Å². The Labute approximate surface area is 100 Å². The van der Waals surface area contributed by atoms with Crippen LogP contribution in [0.25, 0.3) is 0 Å². The Hall–Kier alpha value is -1.21. The van der Waals surface area contributed by atoms with E-state index >= 15 is 0 Å². The first-order valence-electron chi connectivity index (χ1n) is 4.00. The second-order valence-electron chi connectivity index (χ2n) is 3.05. The molecular formula is C9H7BrO5S. The zero-order valence-electron chi connectivity index (χ0n) is 8.10. The SMILES string of the molecule is CS(=O)(=O)c1ccc(Br)cc1C(=O)C(=O)O. The number of Topliss-reactive ketones (excluding diaryl/α,β-unsaturated/α-hetero) is 1. The van der Waals surface area contributed by atoms with Crippen molar-refractivity contribution in [3.63, 3.8) is 0 Å². The Kier molecular flexibility index (Phi) is 3.49. The lowest BCUT2D eigenvalue weighted by atomic mass is 10.1. The van der Waals surface area contributed by atoms with E-state index in [4.69, 9.17) is 5.11 Å². The van der Waals surface area contributed by atoms with Crippen molar-refractivity contribution in [3.8, 4) is 0 Å². The Morgan fingerprint density at radius 1 is 1.31 bits per heavy atom. The highest BCUT2D eigenvalue weighted by atomic mass is 79.9. The topological polar surface area (TPSA) is 88.5 Å². The number of halogens is 1. The summed E-state index contributed by atoms with van der Waals surface area (Å²) in [5, 5.41) is 8.56. The molecule has 16 heavy (non-hydrogen) atoms. The average molecular weight is 307 g/mol. The molecule has 1 aromatic rings. The molecule has 0 saturated carbocycles. The van der Waals surface area contributed by atoms with Gasteiger partial charge in [-0.2, -0.15) is 0 Å². The molecule has 0 saturated heterocycles. The van der Waals surface area contributed by atoms with Gasteiger partial charge < -0.3 is 5.11 Å². The summed E-state index contributed by atoms with van der Waals surface area (Å²) in [6, 6.07) is 3.79. The van der Waals surface area contributed by atoms with Crippen LogP contribution in [0.4, 0.5) is 0 Å². The van der Waals surface area contributed by atoms with Crippen LogP contribution < -0.4 is 0 Å². The van der Waals surface area contributed by atoms with Crippen molar-refractivity contribution in [1.29, 1.82) is 0 Å². The molecule has 0 bridgehead atoms. The van der Waals surface area contributed by atoms with Gasteiger partial charge in [-0.3, -0.25) is 4.79 Å². The fourth-order valence-electron chi connectivity index (χ4n) is 1.12. The number of hydrogen-bond acceptors (Lipinski definition) is 4. The van der Waals surface area contributed by atoms with E-state index in [0.29, 0.717) is 4.47 Å². The number of carboxylic acids is 1. The summed E-state index contributed by atoms with van der Waals surface area (Å²) >= 11 is 3.04. The number of rotatable bonds is 3. The molecule has 0 aliphatic carbocycles. The first kappa shape index (κ1) is 12.9. The zero-order valence-corrected chi connectivity index (χ0v) is 10.5. The first-order chi connectivity index (χ1) is 7.23. The predicted molar refractivity (Wildman–Crippen MR) is 59.2 cm³/mol. The molecule has 0 spiro atoms. The number of carboxylic acid groups (broad SMARTS) is 1. The van der Waals surface area contributed by atoms with Gasteiger partial charge in [0.05, 0.1) is 4.90 Å². The van der Waals surface area contributed by atoms with Crippen LogP contribution in [0.2, 0.25) is 0 Å². The maximum Gasteiger partial charge on any atom is 0.377 e. The van der Waals surface area contributed by atoms with Gasteiger partial charge in [0.25, 0.3) is 5.78 Å². The summed E-state index contributed by atoms with van der Waals surface area (Å²) in [7, 11) is -3.63. The average Bonchev–Trinajstić information content (AvgIpc) is 2.14. The molecule has 0 aromatic heterocycles. The summed E-state index contributed by atoms with van der Waals surface area (Å²) in [5.74, 6) is -2.94. The molecule has 0 aliphatic heterocycles. The smallest absolute Gasteiger partial charge is 0.377 e. The number of ketones is 1. The molecule has 5 nitrogen and oxygen atoms in total. The normalized spacial score (nSPS) is 11.1. The zero-order chi connectivity index (χ0) is 12.5. The summed E-state index contributed by atoms with van der Waals surface area (Å²) in [6.45, 7) is 0. The van der Waals surface area contributed by atoms with E-state index in [0.717, 1.165) is 6.26 Å². The molecule has 0 fully saturated rings. The van der Waals surface area contributed by atoms with Gasteiger partial charge in [-0.25, -0.2) is 13.2 Å². The summed E-state index contributed by atoms with van der Waals surface area (Å²) in [5.41, 5.74) is -0.343. The van der Waals surface area contributed by atoms with E-state index in [-0.39, 0.29) is 10.5 Å². The van der Waals surface area contributed by atoms with Crippen LogP contribution >= 0.6 is 15.9 Å². The highest BCUT2D eigenvalue weighted by Gasteiger charge is 2.23. The third kappa shape index (κ3) is 2.67. The molecule has 0 amide bonds. The molecule has 7 heteroatoms. The number of carbonyl (C=O) groups is 2. The maximum absolute atomic E-state index is 11.3. The van der Waals surface area contributed by atoms with Gasteiger partial charge in [0.1, 0.15) is 0 Å². The maximum atomic E-state index is 11.3. The van der Waals surface area contributed by atoms with Gasteiger partial charge in [-0.05, 0) is 18.2 Å². The van der Waals surface area contributed by atoms with Gasteiger partial charge in [-0.15, -0.1) is 0 Å².